The molecule has 2 rings (SSSR count). The number of amides is 1. The first-order chi connectivity index (χ1) is 8.50. The Labute approximate surface area is 106 Å². The monoisotopic (exact) mass is 251 g/mol. The third-order valence-corrected chi connectivity index (χ3v) is 3.22. The van der Waals surface area contributed by atoms with Crippen LogP contribution in [0, 0.1) is 12.7 Å². The summed E-state index contributed by atoms with van der Waals surface area (Å²) >= 11 is 0. The lowest BCUT2D eigenvalue weighted by Crippen LogP contribution is -2.51. The van der Waals surface area contributed by atoms with Gasteiger partial charge in [0.15, 0.2) is 0 Å². The first-order valence-electron chi connectivity index (χ1n) is 6.17. The van der Waals surface area contributed by atoms with E-state index in [4.69, 9.17) is 4.74 Å². The fourth-order valence-electron chi connectivity index (χ4n) is 2.18. The second-order valence-electron chi connectivity index (χ2n) is 5.15. The highest BCUT2D eigenvalue weighted by Crippen LogP contribution is 2.19. The van der Waals surface area contributed by atoms with E-state index in [2.05, 4.69) is 5.32 Å². The summed E-state index contributed by atoms with van der Waals surface area (Å²) in [6.45, 7) is 4.92. The summed E-state index contributed by atoms with van der Waals surface area (Å²) in [4.78, 5) is 12.0. The van der Waals surface area contributed by atoms with Gasteiger partial charge in [0.1, 0.15) is 5.82 Å². The van der Waals surface area contributed by atoms with E-state index in [0.717, 1.165) is 25.0 Å². The molecule has 3 nitrogen and oxygen atoms in total. The molecule has 1 N–H and O–H groups in total. The van der Waals surface area contributed by atoms with Gasteiger partial charge in [-0.1, -0.05) is 6.07 Å². The van der Waals surface area contributed by atoms with Crippen molar-refractivity contribution in [2.45, 2.75) is 32.2 Å². The Kier molecular flexibility index (Phi) is 3.66. The standard InChI is InChI=1S/C14H18FNO2/c1-10-4-5-11(12(15)8-10)13(17)16-14(2)6-3-7-18-9-14/h4-5,8H,3,6-7,9H2,1-2H3,(H,16,17). The van der Waals surface area contributed by atoms with Crippen molar-refractivity contribution in [1.29, 1.82) is 0 Å². The summed E-state index contributed by atoms with van der Waals surface area (Å²) in [6.07, 6.45) is 1.76. The molecule has 1 atom stereocenters. The highest BCUT2D eigenvalue weighted by atomic mass is 19.1. The van der Waals surface area contributed by atoms with Crippen molar-refractivity contribution in [2.24, 2.45) is 0 Å². The maximum absolute atomic E-state index is 13.7. The van der Waals surface area contributed by atoms with Crippen LogP contribution in [0.2, 0.25) is 0 Å². The molecule has 1 heterocycles. The van der Waals surface area contributed by atoms with E-state index < -0.39 is 11.4 Å². The zero-order chi connectivity index (χ0) is 13.2. The molecule has 1 saturated heterocycles. The van der Waals surface area contributed by atoms with Crippen LogP contribution in [0.4, 0.5) is 4.39 Å². The van der Waals surface area contributed by atoms with Crippen LogP contribution in [-0.4, -0.2) is 24.7 Å². The SMILES string of the molecule is Cc1ccc(C(=O)NC2(C)CCCOC2)c(F)c1. The lowest BCUT2D eigenvalue weighted by atomic mass is 9.94. The average Bonchev–Trinajstić information content (AvgIpc) is 2.28. The smallest absolute Gasteiger partial charge is 0.254 e. The van der Waals surface area contributed by atoms with E-state index in [1.54, 1.807) is 13.0 Å². The second-order valence-corrected chi connectivity index (χ2v) is 5.15. The van der Waals surface area contributed by atoms with Gasteiger partial charge in [-0.05, 0) is 44.4 Å². The van der Waals surface area contributed by atoms with Gasteiger partial charge in [0.25, 0.3) is 5.91 Å². The van der Waals surface area contributed by atoms with Crippen molar-refractivity contribution in [1.82, 2.24) is 5.32 Å². The van der Waals surface area contributed by atoms with Gasteiger partial charge < -0.3 is 10.1 Å². The molecular formula is C14H18FNO2. The molecule has 1 aliphatic heterocycles. The number of halogens is 1. The Morgan fingerprint density at radius 3 is 2.89 bits per heavy atom. The molecule has 0 saturated carbocycles. The van der Waals surface area contributed by atoms with Crippen molar-refractivity contribution < 1.29 is 13.9 Å². The zero-order valence-corrected chi connectivity index (χ0v) is 10.8. The van der Waals surface area contributed by atoms with Crippen molar-refractivity contribution in [2.75, 3.05) is 13.2 Å². The normalized spacial score (nSPS) is 23.7. The van der Waals surface area contributed by atoms with Gasteiger partial charge >= 0.3 is 0 Å². The lowest BCUT2D eigenvalue weighted by molar-refractivity contribution is 0.0271. The van der Waals surface area contributed by atoms with Gasteiger partial charge in [-0.15, -0.1) is 0 Å². The Bertz CT molecular complexity index is 453. The van der Waals surface area contributed by atoms with Gasteiger partial charge in [0.05, 0.1) is 17.7 Å². The summed E-state index contributed by atoms with van der Waals surface area (Å²) in [6, 6.07) is 4.62. The van der Waals surface area contributed by atoms with E-state index in [1.165, 1.54) is 12.1 Å². The number of benzene rings is 1. The Morgan fingerprint density at radius 1 is 1.50 bits per heavy atom. The van der Waals surface area contributed by atoms with Gasteiger partial charge in [0.2, 0.25) is 0 Å². The topological polar surface area (TPSA) is 38.3 Å². The average molecular weight is 251 g/mol. The van der Waals surface area contributed by atoms with Crippen LogP contribution in [0.3, 0.4) is 0 Å². The number of carbonyl (C=O) groups is 1. The molecule has 1 amide bonds. The number of aryl methyl sites for hydroxylation is 1. The van der Waals surface area contributed by atoms with E-state index in [1.807, 2.05) is 6.92 Å². The second kappa shape index (κ2) is 5.06. The van der Waals surface area contributed by atoms with Crippen LogP contribution < -0.4 is 5.32 Å². The molecule has 0 aromatic heterocycles. The fraction of sp³-hybridized carbons (Fsp3) is 0.500. The van der Waals surface area contributed by atoms with Crippen molar-refractivity contribution in [3.63, 3.8) is 0 Å². The highest BCUT2D eigenvalue weighted by Gasteiger charge is 2.30. The maximum Gasteiger partial charge on any atom is 0.254 e. The summed E-state index contributed by atoms with van der Waals surface area (Å²) in [5, 5.41) is 2.87. The number of nitrogens with one attached hydrogen (secondary N) is 1. The van der Waals surface area contributed by atoms with E-state index in [0.29, 0.717) is 6.61 Å². The minimum Gasteiger partial charge on any atom is -0.379 e. The van der Waals surface area contributed by atoms with Crippen molar-refractivity contribution >= 4 is 5.91 Å². The number of carbonyl (C=O) groups excluding carboxylic acids is 1. The summed E-state index contributed by atoms with van der Waals surface area (Å²) in [5.41, 5.74) is 0.496. The predicted octanol–water partition coefficient (Wildman–Crippen LogP) is 2.43. The number of hydrogen-bond acceptors (Lipinski definition) is 2. The molecule has 1 unspecified atom stereocenters. The molecule has 4 heteroatoms. The molecule has 0 radical (unpaired) electrons. The van der Waals surface area contributed by atoms with Crippen molar-refractivity contribution in [3.8, 4) is 0 Å². The highest BCUT2D eigenvalue weighted by molar-refractivity contribution is 5.95. The molecule has 98 valence electrons. The number of ether oxygens (including phenoxy) is 1. The molecular weight excluding hydrogens is 233 g/mol. The summed E-state index contributed by atoms with van der Waals surface area (Å²) < 4.78 is 19.1. The Balaban J connectivity index is 2.11. The first-order valence-corrected chi connectivity index (χ1v) is 6.17. The lowest BCUT2D eigenvalue weighted by Gasteiger charge is -2.34. The third kappa shape index (κ3) is 2.88. The maximum atomic E-state index is 13.7. The minimum absolute atomic E-state index is 0.0902. The van der Waals surface area contributed by atoms with E-state index in [9.17, 15) is 9.18 Å². The zero-order valence-electron chi connectivity index (χ0n) is 10.8. The van der Waals surface area contributed by atoms with Crippen LogP contribution >= 0.6 is 0 Å². The van der Waals surface area contributed by atoms with Gasteiger partial charge in [-0.25, -0.2) is 4.39 Å². The molecule has 0 aliphatic carbocycles. The fourth-order valence-corrected chi connectivity index (χ4v) is 2.18. The van der Waals surface area contributed by atoms with Crippen LogP contribution in [0.5, 0.6) is 0 Å². The number of rotatable bonds is 2. The van der Waals surface area contributed by atoms with Gasteiger partial charge in [0, 0.05) is 6.61 Å². The molecule has 1 fully saturated rings. The minimum atomic E-state index is -0.479. The first kappa shape index (κ1) is 13.0. The molecule has 1 aromatic rings. The van der Waals surface area contributed by atoms with E-state index >= 15 is 0 Å². The summed E-state index contributed by atoms with van der Waals surface area (Å²) in [5.74, 6) is -0.853. The molecule has 0 bridgehead atoms. The quantitative estimate of drug-likeness (QED) is 0.876. The molecule has 0 spiro atoms. The van der Waals surface area contributed by atoms with E-state index in [-0.39, 0.29) is 11.5 Å². The van der Waals surface area contributed by atoms with Crippen LogP contribution in [0.1, 0.15) is 35.7 Å². The molecule has 1 aliphatic rings. The molecule has 18 heavy (non-hydrogen) atoms. The van der Waals surface area contributed by atoms with Crippen molar-refractivity contribution in [3.05, 3.63) is 35.1 Å². The summed E-state index contributed by atoms with van der Waals surface area (Å²) in [7, 11) is 0. The van der Waals surface area contributed by atoms with Gasteiger partial charge in [-0.3, -0.25) is 4.79 Å². The van der Waals surface area contributed by atoms with Gasteiger partial charge in [-0.2, -0.15) is 0 Å². The molecule has 1 aromatic carbocycles. The largest absolute Gasteiger partial charge is 0.379 e. The van der Waals surface area contributed by atoms with Crippen LogP contribution in [0.15, 0.2) is 18.2 Å². The van der Waals surface area contributed by atoms with Crippen LogP contribution in [0.25, 0.3) is 0 Å². The van der Waals surface area contributed by atoms with Crippen LogP contribution in [-0.2, 0) is 4.74 Å². The Morgan fingerprint density at radius 2 is 2.28 bits per heavy atom. The third-order valence-electron chi connectivity index (χ3n) is 3.22. The predicted molar refractivity (Wildman–Crippen MR) is 67.1 cm³/mol. The number of hydrogen-bond donors (Lipinski definition) is 1. The Hall–Kier alpha value is -1.42.